The predicted octanol–water partition coefficient (Wildman–Crippen LogP) is 3.09. The summed E-state index contributed by atoms with van der Waals surface area (Å²) >= 11 is 12.1. The maximum Gasteiger partial charge on any atom is 0.224 e. The third-order valence-corrected chi connectivity index (χ3v) is 4.13. The summed E-state index contributed by atoms with van der Waals surface area (Å²) in [5, 5.41) is 10.9. The van der Waals surface area contributed by atoms with Crippen LogP contribution in [0, 0.1) is 6.92 Å². The van der Waals surface area contributed by atoms with Gasteiger partial charge in [-0.25, -0.2) is 9.97 Å². The number of para-hydroxylation sites is 1. The molecular weight excluding hydrogens is 321 g/mol. The Hall–Kier alpha value is -1.56. The van der Waals surface area contributed by atoms with Crippen LogP contribution in [0.25, 0.3) is 0 Å². The van der Waals surface area contributed by atoms with Crippen molar-refractivity contribution >= 4 is 34.7 Å². The molecule has 1 aliphatic heterocycles. The van der Waals surface area contributed by atoms with Gasteiger partial charge in [-0.2, -0.15) is 0 Å². The highest BCUT2D eigenvalue weighted by atomic mass is 35.5. The molecule has 0 amide bonds. The molecule has 0 saturated carbocycles. The van der Waals surface area contributed by atoms with Gasteiger partial charge in [-0.05, 0) is 30.2 Å². The third kappa shape index (κ3) is 3.43. The van der Waals surface area contributed by atoms with Gasteiger partial charge in [-0.15, -0.1) is 0 Å². The summed E-state index contributed by atoms with van der Waals surface area (Å²) in [4.78, 5) is 8.37. The van der Waals surface area contributed by atoms with Gasteiger partial charge in [0.25, 0.3) is 0 Å². The lowest BCUT2D eigenvalue weighted by atomic mass is 10.1. The van der Waals surface area contributed by atoms with Crippen molar-refractivity contribution in [2.45, 2.75) is 19.5 Å². The van der Waals surface area contributed by atoms with Gasteiger partial charge >= 0.3 is 0 Å². The molecule has 1 aromatic heterocycles. The topological polar surface area (TPSA) is 61.9 Å². The van der Waals surface area contributed by atoms with Gasteiger partial charge in [-0.3, -0.25) is 0 Å². The molecule has 5 nitrogen and oxygen atoms in total. The van der Waals surface area contributed by atoms with E-state index < -0.39 is 0 Å². The number of aryl methyl sites for hydroxylation is 1. The number of nitrogens with zero attached hydrogens (tertiary/aromatic N) is 2. The van der Waals surface area contributed by atoms with E-state index in [2.05, 4.69) is 25.9 Å². The molecular formula is C15H17Cl2N5. The maximum absolute atomic E-state index is 6.24. The smallest absolute Gasteiger partial charge is 0.224 e. The number of anilines is 2. The highest BCUT2D eigenvalue weighted by molar-refractivity contribution is 6.33. The molecule has 22 heavy (non-hydrogen) atoms. The molecule has 1 fully saturated rings. The zero-order chi connectivity index (χ0) is 15.5. The monoisotopic (exact) mass is 337 g/mol. The minimum Gasteiger partial charge on any atom is -0.379 e. The normalized spacial score (nSPS) is 14.5. The number of aromatic nitrogens is 2. The Morgan fingerprint density at radius 3 is 2.82 bits per heavy atom. The first-order chi connectivity index (χ1) is 10.6. The van der Waals surface area contributed by atoms with Crippen molar-refractivity contribution in [2.75, 3.05) is 23.7 Å². The summed E-state index contributed by atoms with van der Waals surface area (Å²) in [5.41, 5.74) is 2.98. The van der Waals surface area contributed by atoms with Crippen molar-refractivity contribution in [1.82, 2.24) is 15.3 Å². The van der Waals surface area contributed by atoms with Crippen LogP contribution in [0.3, 0.4) is 0 Å². The van der Waals surface area contributed by atoms with Crippen LogP contribution in [0.5, 0.6) is 0 Å². The first kappa shape index (κ1) is 15.3. The van der Waals surface area contributed by atoms with E-state index in [0.717, 1.165) is 35.7 Å². The lowest BCUT2D eigenvalue weighted by Gasteiger charge is -2.29. The molecule has 7 heteroatoms. The van der Waals surface area contributed by atoms with Gasteiger partial charge in [0.1, 0.15) is 5.82 Å². The first-order valence-corrected chi connectivity index (χ1v) is 7.86. The average molecular weight is 338 g/mol. The molecule has 2 aromatic rings. The van der Waals surface area contributed by atoms with Crippen LogP contribution in [0.15, 0.2) is 24.4 Å². The standard InChI is InChI=1S/C15H17Cl2N5/c1-9-3-2-4-12(16)13(9)19-5-10-6-20-15(17)22-14(10)21-11-7-18-8-11/h2-4,6,11,18-19H,5,7-8H2,1H3,(H,20,21,22). The van der Waals surface area contributed by atoms with Crippen LogP contribution >= 0.6 is 23.2 Å². The molecule has 1 saturated heterocycles. The molecule has 116 valence electrons. The molecule has 3 N–H and O–H groups in total. The Morgan fingerprint density at radius 2 is 2.14 bits per heavy atom. The molecule has 0 aliphatic carbocycles. The van der Waals surface area contributed by atoms with Crippen molar-refractivity contribution in [3.05, 3.63) is 45.8 Å². The van der Waals surface area contributed by atoms with E-state index in [1.165, 1.54) is 0 Å². The van der Waals surface area contributed by atoms with Gasteiger partial charge in [0.2, 0.25) is 5.28 Å². The molecule has 0 atom stereocenters. The van der Waals surface area contributed by atoms with Gasteiger partial charge < -0.3 is 16.0 Å². The van der Waals surface area contributed by atoms with Gasteiger partial charge in [0.05, 0.1) is 16.8 Å². The summed E-state index contributed by atoms with van der Waals surface area (Å²) in [6.07, 6.45) is 1.74. The summed E-state index contributed by atoms with van der Waals surface area (Å²) in [7, 11) is 0. The molecule has 0 spiro atoms. The second-order valence-electron chi connectivity index (χ2n) is 5.30. The van der Waals surface area contributed by atoms with Crippen molar-refractivity contribution in [3.63, 3.8) is 0 Å². The van der Waals surface area contributed by atoms with Crippen LogP contribution in [0.4, 0.5) is 11.5 Å². The van der Waals surface area contributed by atoms with Crippen molar-refractivity contribution in [2.24, 2.45) is 0 Å². The summed E-state index contributed by atoms with van der Waals surface area (Å²) in [6.45, 7) is 4.45. The number of halogens is 2. The van der Waals surface area contributed by atoms with Crippen LogP contribution in [0.1, 0.15) is 11.1 Å². The van der Waals surface area contributed by atoms with E-state index in [-0.39, 0.29) is 5.28 Å². The van der Waals surface area contributed by atoms with E-state index in [1.54, 1.807) is 6.20 Å². The van der Waals surface area contributed by atoms with Gasteiger partial charge in [0.15, 0.2) is 0 Å². The van der Waals surface area contributed by atoms with E-state index >= 15 is 0 Å². The molecule has 1 aromatic carbocycles. The number of hydrogen-bond donors (Lipinski definition) is 3. The Morgan fingerprint density at radius 1 is 1.32 bits per heavy atom. The van der Waals surface area contributed by atoms with E-state index in [4.69, 9.17) is 23.2 Å². The van der Waals surface area contributed by atoms with Crippen molar-refractivity contribution in [3.8, 4) is 0 Å². The van der Waals surface area contributed by atoms with Crippen molar-refractivity contribution < 1.29 is 0 Å². The fourth-order valence-corrected chi connectivity index (χ4v) is 2.69. The van der Waals surface area contributed by atoms with Gasteiger partial charge in [0, 0.05) is 31.4 Å². The zero-order valence-corrected chi connectivity index (χ0v) is 13.7. The molecule has 2 heterocycles. The molecule has 0 radical (unpaired) electrons. The van der Waals surface area contributed by atoms with E-state index in [1.807, 2.05) is 25.1 Å². The predicted molar refractivity (Wildman–Crippen MR) is 90.8 cm³/mol. The number of hydrogen-bond acceptors (Lipinski definition) is 5. The Bertz CT molecular complexity index is 653. The highest BCUT2D eigenvalue weighted by Crippen LogP contribution is 2.26. The average Bonchev–Trinajstić information content (AvgIpc) is 2.44. The van der Waals surface area contributed by atoms with Crippen LogP contribution in [0.2, 0.25) is 10.3 Å². The second-order valence-corrected chi connectivity index (χ2v) is 6.04. The SMILES string of the molecule is Cc1cccc(Cl)c1NCc1cnc(Cl)nc1NC1CNC1. The van der Waals surface area contributed by atoms with Gasteiger partial charge in [-0.1, -0.05) is 23.7 Å². The first-order valence-electron chi connectivity index (χ1n) is 7.11. The fraction of sp³-hybridized carbons (Fsp3) is 0.333. The number of benzene rings is 1. The second kappa shape index (κ2) is 6.69. The van der Waals surface area contributed by atoms with E-state index in [0.29, 0.717) is 17.6 Å². The molecule has 0 unspecified atom stereocenters. The largest absolute Gasteiger partial charge is 0.379 e. The lowest BCUT2D eigenvalue weighted by molar-refractivity contribution is 0.470. The third-order valence-electron chi connectivity index (χ3n) is 3.64. The van der Waals surface area contributed by atoms with Crippen LogP contribution in [-0.4, -0.2) is 29.1 Å². The molecule has 1 aliphatic rings. The number of rotatable bonds is 5. The Kier molecular flexibility index (Phi) is 4.66. The molecule has 3 rings (SSSR count). The summed E-state index contributed by atoms with van der Waals surface area (Å²) in [5.74, 6) is 0.767. The Labute approximate surface area is 139 Å². The summed E-state index contributed by atoms with van der Waals surface area (Å²) in [6, 6.07) is 6.21. The summed E-state index contributed by atoms with van der Waals surface area (Å²) < 4.78 is 0. The number of nitrogens with one attached hydrogen (secondary N) is 3. The van der Waals surface area contributed by atoms with Crippen LogP contribution in [-0.2, 0) is 6.54 Å². The van der Waals surface area contributed by atoms with Crippen molar-refractivity contribution in [1.29, 1.82) is 0 Å². The maximum atomic E-state index is 6.24. The minimum absolute atomic E-state index is 0.243. The lowest BCUT2D eigenvalue weighted by Crippen LogP contribution is -2.51. The minimum atomic E-state index is 0.243. The molecule has 0 bridgehead atoms. The van der Waals surface area contributed by atoms with E-state index in [9.17, 15) is 0 Å². The Balaban J connectivity index is 1.76. The zero-order valence-electron chi connectivity index (χ0n) is 12.2. The van der Waals surface area contributed by atoms with Crippen LogP contribution < -0.4 is 16.0 Å². The fourth-order valence-electron chi connectivity index (χ4n) is 2.26. The highest BCUT2D eigenvalue weighted by Gasteiger charge is 2.18. The quantitative estimate of drug-likeness (QED) is 0.732.